The van der Waals surface area contributed by atoms with Gasteiger partial charge >= 0.3 is 0 Å². The molecule has 1 amide bonds. The van der Waals surface area contributed by atoms with Gasteiger partial charge in [-0.25, -0.2) is 4.98 Å². The Kier molecular flexibility index (Phi) is 4.79. The Labute approximate surface area is 141 Å². The highest BCUT2D eigenvalue weighted by Gasteiger charge is 2.09. The zero-order chi connectivity index (χ0) is 16.9. The lowest BCUT2D eigenvalue weighted by atomic mass is 10.1. The van der Waals surface area contributed by atoms with Crippen LogP contribution in [-0.2, 0) is 24.2 Å². The second kappa shape index (κ2) is 7.17. The number of nitrogen functional groups attached to an aromatic ring is 1. The third kappa shape index (κ3) is 3.56. The molecule has 3 rings (SSSR count). The van der Waals surface area contributed by atoms with Gasteiger partial charge in [-0.05, 0) is 36.8 Å². The number of aromatic nitrogens is 2. The van der Waals surface area contributed by atoms with E-state index in [-0.39, 0.29) is 5.91 Å². The molecular weight excluding hydrogens is 300 g/mol. The first-order valence-corrected chi connectivity index (χ1v) is 8.22. The minimum absolute atomic E-state index is 0.0129. The number of imidazole rings is 1. The molecule has 124 valence electrons. The molecule has 2 aromatic carbocycles. The van der Waals surface area contributed by atoms with Gasteiger partial charge in [-0.1, -0.05) is 24.3 Å². The Morgan fingerprint density at radius 2 is 1.92 bits per heavy atom. The Balaban J connectivity index is 1.58. The Morgan fingerprint density at radius 3 is 2.67 bits per heavy atom. The summed E-state index contributed by atoms with van der Waals surface area (Å²) < 4.78 is 2.20. The molecular formula is C19H22N4O. The third-order valence-electron chi connectivity index (χ3n) is 4.07. The molecule has 0 aliphatic rings. The average Bonchev–Trinajstić information content (AvgIpc) is 2.94. The summed E-state index contributed by atoms with van der Waals surface area (Å²) in [6, 6.07) is 15.5. The highest BCUT2D eigenvalue weighted by atomic mass is 16.1. The number of para-hydroxylation sites is 2. The zero-order valence-corrected chi connectivity index (χ0v) is 13.8. The molecule has 0 saturated carbocycles. The molecule has 0 fully saturated rings. The SMILES string of the molecule is CCn1c(CCNC(=O)Cc2ccc(N)cc2)nc2ccccc21. The summed E-state index contributed by atoms with van der Waals surface area (Å²) >= 11 is 0. The summed E-state index contributed by atoms with van der Waals surface area (Å²) in [5.41, 5.74) is 9.46. The summed E-state index contributed by atoms with van der Waals surface area (Å²) in [6.07, 6.45) is 1.08. The van der Waals surface area contributed by atoms with Crippen molar-refractivity contribution < 1.29 is 4.79 Å². The van der Waals surface area contributed by atoms with Gasteiger partial charge in [-0.3, -0.25) is 4.79 Å². The van der Waals surface area contributed by atoms with Crippen LogP contribution in [0.2, 0.25) is 0 Å². The van der Waals surface area contributed by atoms with Gasteiger partial charge in [0.15, 0.2) is 0 Å². The molecule has 24 heavy (non-hydrogen) atoms. The van der Waals surface area contributed by atoms with E-state index in [9.17, 15) is 4.79 Å². The molecule has 0 aliphatic carbocycles. The first-order valence-electron chi connectivity index (χ1n) is 8.22. The minimum Gasteiger partial charge on any atom is -0.399 e. The van der Waals surface area contributed by atoms with E-state index in [0.29, 0.717) is 18.7 Å². The van der Waals surface area contributed by atoms with E-state index in [0.717, 1.165) is 35.4 Å². The Bertz CT molecular complexity index is 836. The summed E-state index contributed by atoms with van der Waals surface area (Å²) in [7, 11) is 0. The number of amides is 1. The highest BCUT2D eigenvalue weighted by molar-refractivity contribution is 5.78. The number of nitrogens with one attached hydrogen (secondary N) is 1. The largest absolute Gasteiger partial charge is 0.399 e. The third-order valence-corrected chi connectivity index (χ3v) is 4.07. The van der Waals surface area contributed by atoms with E-state index in [1.54, 1.807) is 0 Å². The van der Waals surface area contributed by atoms with E-state index in [4.69, 9.17) is 5.73 Å². The van der Waals surface area contributed by atoms with Crippen molar-refractivity contribution >= 4 is 22.6 Å². The molecule has 0 unspecified atom stereocenters. The van der Waals surface area contributed by atoms with Crippen molar-refractivity contribution in [3.8, 4) is 0 Å². The number of benzene rings is 2. The van der Waals surface area contributed by atoms with Crippen LogP contribution in [0.3, 0.4) is 0 Å². The van der Waals surface area contributed by atoms with Gasteiger partial charge in [-0.2, -0.15) is 0 Å². The van der Waals surface area contributed by atoms with Gasteiger partial charge in [0.1, 0.15) is 5.82 Å². The maximum atomic E-state index is 12.0. The molecule has 5 nitrogen and oxygen atoms in total. The molecule has 0 aliphatic heterocycles. The maximum Gasteiger partial charge on any atom is 0.224 e. The zero-order valence-electron chi connectivity index (χ0n) is 13.8. The Morgan fingerprint density at radius 1 is 1.17 bits per heavy atom. The number of rotatable bonds is 6. The summed E-state index contributed by atoms with van der Waals surface area (Å²) in [5.74, 6) is 1.02. The summed E-state index contributed by atoms with van der Waals surface area (Å²) in [5, 5.41) is 2.97. The lowest BCUT2D eigenvalue weighted by Gasteiger charge is -2.08. The number of aryl methyl sites for hydroxylation is 1. The fraction of sp³-hybridized carbons (Fsp3) is 0.263. The molecule has 1 aromatic heterocycles. The van der Waals surface area contributed by atoms with Crippen molar-refractivity contribution in [2.45, 2.75) is 26.3 Å². The van der Waals surface area contributed by atoms with Gasteiger partial charge in [0, 0.05) is 25.2 Å². The lowest BCUT2D eigenvalue weighted by Crippen LogP contribution is -2.27. The topological polar surface area (TPSA) is 72.9 Å². The van der Waals surface area contributed by atoms with Crippen LogP contribution in [0.1, 0.15) is 18.3 Å². The van der Waals surface area contributed by atoms with Crippen molar-refractivity contribution in [2.24, 2.45) is 0 Å². The van der Waals surface area contributed by atoms with Crippen LogP contribution in [0.5, 0.6) is 0 Å². The van der Waals surface area contributed by atoms with Crippen LogP contribution in [0.25, 0.3) is 11.0 Å². The van der Waals surface area contributed by atoms with Gasteiger partial charge < -0.3 is 15.6 Å². The van der Waals surface area contributed by atoms with Gasteiger partial charge in [-0.15, -0.1) is 0 Å². The number of carbonyl (C=O) groups excluding carboxylic acids is 1. The molecule has 0 spiro atoms. The van der Waals surface area contributed by atoms with Crippen LogP contribution >= 0.6 is 0 Å². The van der Waals surface area contributed by atoms with Crippen LogP contribution in [0.15, 0.2) is 48.5 Å². The van der Waals surface area contributed by atoms with E-state index < -0.39 is 0 Å². The smallest absolute Gasteiger partial charge is 0.224 e. The van der Waals surface area contributed by atoms with Crippen molar-refractivity contribution in [2.75, 3.05) is 12.3 Å². The fourth-order valence-corrected chi connectivity index (χ4v) is 2.87. The molecule has 5 heteroatoms. The maximum absolute atomic E-state index is 12.0. The number of anilines is 1. The van der Waals surface area contributed by atoms with Crippen molar-refractivity contribution in [3.05, 3.63) is 59.9 Å². The Hall–Kier alpha value is -2.82. The number of nitrogens with zero attached hydrogens (tertiary/aromatic N) is 2. The number of hydrogen-bond donors (Lipinski definition) is 2. The number of carbonyl (C=O) groups is 1. The molecule has 0 atom stereocenters. The molecule has 1 heterocycles. The first kappa shape index (κ1) is 16.1. The monoisotopic (exact) mass is 322 g/mol. The molecule has 0 bridgehead atoms. The van der Waals surface area contributed by atoms with Crippen LogP contribution in [0.4, 0.5) is 5.69 Å². The number of fused-ring (bicyclic) bond motifs is 1. The van der Waals surface area contributed by atoms with Crippen molar-refractivity contribution in [3.63, 3.8) is 0 Å². The fourth-order valence-electron chi connectivity index (χ4n) is 2.87. The highest BCUT2D eigenvalue weighted by Crippen LogP contribution is 2.16. The quantitative estimate of drug-likeness (QED) is 0.685. The van der Waals surface area contributed by atoms with E-state index >= 15 is 0 Å². The van der Waals surface area contributed by atoms with Crippen molar-refractivity contribution in [1.82, 2.24) is 14.9 Å². The van der Waals surface area contributed by atoms with Gasteiger partial charge in [0.25, 0.3) is 0 Å². The second-order valence-corrected chi connectivity index (χ2v) is 5.78. The minimum atomic E-state index is 0.0129. The molecule has 3 N–H and O–H groups in total. The standard InChI is InChI=1S/C19H22N4O/c1-2-23-17-6-4-3-5-16(17)22-18(23)11-12-21-19(24)13-14-7-9-15(20)10-8-14/h3-10H,2,11-13,20H2,1H3,(H,21,24). The predicted molar refractivity (Wildman–Crippen MR) is 96.7 cm³/mol. The van der Waals surface area contributed by atoms with E-state index in [2.05, 4.69) is 27.9 Å². The average molecular weight is 322 g/mol. The predicted octanol–water partition coefficient (Wildman–Crippen LogP) is 2.54. The van der Waals surface area contributed by atoms with Crippen LogP contribution < -0.4 is 11.1 Å². The second-order valence-electron chi connectivity index (χ2n) is 5.78. The molecule has 0 saturated heterocycles. The summed E-state index contributed by atoms with van der Waals surface area (Å²) in [6.45, 7) is 3.56. The van der Waals surface area contributed by atoms with Gasteiger partial charge in [0.05, 0.1) is 17.5 Å². The van der Waals surface area contributed by atoms with Crippen LogP contribution in [0, 0.1) is 0 Å². The lowest BCUT2D eigenvalue weighted by molar-refractivity contribution is -0.120. The molecule has 0 radical (unpaired) electrons. The van der Waals surface area contributed by atoms with E-state index in [1.165, 1.54) is 0 Å². The van der Waals surface area contributed by atoms with Gasteiger partial charge in [0.2, 0.25) is 5.91 Å². The van der Waals surface area contributed by atoms with Crippen molar-refractivity contribution in [1.29, 1.82) is 0 Å². The molecule has 3 aromatic rings. The van der Waals surface area contributed by atoms with Crippen LogP contribution in [-0.4, -0.2) is 22.0 Å². The number of hydrogen-bond acceptors (Lipinski definition) is 3. The normalized spacial score (nSPS) is 10.9. The number of nitrogens with two attached hydrogens (primary N) is 1. The summed E-state index contributed by atoms with van der Waals surface area (Å²) in [4.78, 5) is 16.7. The van der Waals surface area contributed by atoms with E-state index in [1.807, 2.05) is 42.5 Å². The first-order chi connectivity index (χ1) is 11.7.